The summed E-state index contributed by atoms with van der Waals surface area (Å²) in [5, 5.41) is 9.29. The Morgan fingerprint density at radius 2 is 2.44 bits per heavy atom. The van der Waals surface area contributed by atoms with Crippen LogP contribution in [0.4, 0.5) is 0 Å². The average molecular weight is 269 g/mol. The second-order valence-electron chi connectivity index (χ2n) is 4.46. The number of hydrogen-bond acceptors (Lipinski definition) is 4. The summed E-state index contributed by atoms with van der Waals surface area (Å²) in [6, 6.07) is 1.77. The fourth-order valence-electron chi connectivity index (χ4n) is 2.19. The molecule has 2 rings (SSSR count). The molecule has 0 bridgehead atoms. The van der Waals surface area contributed by atoms with Gasteiger partial charge in [-0.3, -0.25) is 4.79 Å². The minimum Gasteiger partial charge on any atom is -0.394 e. The predicted molar refractivity (Wildman–Crippen MR) is 71.2 cm³/mol. The quantitative estimate of drug-likeness (QED) is 0.903. The molecule has 0 spiro atoms. The van der Waals surface area contributed by atoms with Gasteiger partial charge in [0.2, 0.25) is 0 Å². The molecule has 0 radical (unpaired) electrons. The number of rotatable bonds is 3. The van der Waals surface area contributed by atoms with E-state index in [9.17, 15) is 9.90 Å². The van der Waals surface area contributed by atoms with Crippen molar-refractivity contribution < 1.29 is 14.6 Å². The number of thiophene rings is 1. The summed E-state index contributed by atoms with van der Waals surface area (Å²) in [6.07, 6.45) is 0.947. The summed E-state index contributed by atoms with van der Waals surface area (Å²) in [4.78, 5) is 16.1. The number of carbonyl (C=O) groups is 1. The molecule has 0 aromatic carbocycles. The zero-order valence-corrected chi connectivity index (χ0v) is 11.6. The van der Waals surface area contributed by atoms with Crippen LogP contribution in [-0.2, 0) is 11.2 Å². The zero-order chi connectivity index (χ0) is 13.1. The lowest BCUT2D eigenvalue weighted by Crippen LogP contribution is -2.50. The van der Waals surface area contributed by atoms with Gasteiger partial charge in [-0.15, -0.1) is 11.3 Å². The number of carbonyl (C=O) groups excluding carboxylic acids is 1. The first-order valence-electron chi connectivity index (χ1n) is 6.26. The van der Waals surface area contributed by atoms with Crippen molar-refractivity contribution in [3.8, 4) is 0 Å². The molecule has 1 atom stereocenters. The molecule has 1 aromatic heterocycles. The third kappa shape index (κ3) is 2.58. The fraction of sp³-hybridized carbons (Fsp3) is 0.615. The highest BCUT2D eigenvalue weighted by molar-refractivity contribution is 7.14. The Kier molecular flexibility index (Phi) is 4.37. The molecule has 5 heteroatoms. The van der Waals surface area contributed by atoms with Crippen LogP contribution in [0.2, 0.25) is 0 Å². The predicted octanol–water partition coefficient (Wildman–Crippen LogP) is 1.45. The van der Waals surface area contributed by atoms with Gasteiger partial charge in [0.25, 0.3) is 5.91 Å². The van der Waals surface area contributed by atoms with E-state index < -0.39 is 0 Å². The van der Waals surface area contributed by atoms with Gasteiger partial charge >= 0.3 is 0 Å². The molecule has 100 valence electrons. The van der Waals surface area contributed by atoms with Crippen molar-refractivity contribution >= 4 is 17.2 Å². The van der Waals surface area contributed by atoms with Crippen LogP contribution in [0, 0.1) is 6.92 Å². The van der Waals surface area contributed by atoms with Gasteiger partial charge in [0, 0.05) is 11.4 Å². The van der Waals surface area contributed by atoms with Crippen LogP contribution in [0.3, 0.4) is 0 Å². The van der Waals surface area contributed by atoms with Crippen molar-refractivity contribution in [2.24, 2.45) is 0 Å². The minimum absolute atomic E-state index is 0.0187. The topological polar surface area (TPSA) is 49.8 Å². The molecule has 0 aliphatic carbocycles. The van der Waals surface area contributed by atoms with E-state index in [0.717, 1.165) is 11.3 Å². The van der Waals surface area contributed by atoms with E-state index in [-0.39, 0.29) is 18.6 Å². The van der Waals surface area contributed by atoms with Crippen molar-refractivity contribution in [1.29, 1.82) is 0 Å². The number of morpholine rings is 1. The van der Waals surface area contributed by atoms with E-state index in [2.05, 4.69) is 6.92 Å². The highest BCUT2D eigenvalue weighted by atomic mass is 32.1. The first-order valence-corrected chi connectivity index (χ1v) is 7.07. The van der Waals surface area contributed by atoms with Crippen LogP contribution in [0.15, 0.2) is 6.07 Å². The summed E-state index contributed by atoms with van der Waals surface area (Å²) >= 11 is 1.54. The number of aliphatic hydroxyl groups excluding tert-OH is 1. The van der Waals surface area contributed by atoms with Crippen molar-refractivity contribution in [2.75, 3.05) is 26.4 Å². The van der Waals surface area contributed by atoms with Crippen LogP contribution in [0.1, 0.15) is 27.0 Å². The molecular weight excluding hydrogens is 250 g/mol. The maximum atomic E-state index is 12.4. The van der Waals surface area contributed by atoms with Gasteiger partial charge in [-0.1, -0.05) is 6.92 Å². The standard InChI is InChI=1S/C13H19NO3S/c1-3-10-6-12(18-9(10)2)13(16)14-4-5-17-8-11(14)7-15/h6,11,15H,3-5,7-8H2,1-2H3. The molecule has 1 fully saturated rings. The molecule has 1 aromatic rings. The maximum absolute atomic E-state index is 12.4. The highest BCUT2D eigenvalue weighted by Gasteiger charge is 2.28. The Balaban J connectivity index is 2.18. The molecule has 1 aliphatic heterocycles. The summed E-state index contributed by atoms with van der Waals surface area (Å²) in [6.45, 7) is 5.62. The first-order chi connectivity index (χ1) is 8.67. The van der Waals surface area contributed by atoms with E-state index in [0.29, 0.717) is 19.8 Å². The van der Waals surface area contributed by atoms with Crippen LogP contribution in [0.25, 0.3) is 0 Å². The Bertz CT molecular complexity index is 430. The Morgan fingerprint density at radius 3 is 3.06 bits per heavy atom. The van der Waals surface area contributed by atoms with Gasteiger partial charge in [-0.2, -0.15) is 0 Å². The van der Waals surface area contributed by atoms with E-state index in [1.165, 1.54) is 21.8 Å². The molecule has 1 amide bonds. The van der Waals surface area contributed by atoms with Gasteiger partial charge in [0.05, 0.1) is 30.7 Å². The molecule has 1 N–H and O–H groups in total. The normalized spacial score (nSPS) is 20.2. The molecule has 0 saturated carbocycles. The summed E-state index contributed by atoms with van der Waals surface area (Å²) in [5.41, 5.74) is 1.23. The van der Waals surface area contributed by atoms with Crippen LogP contribution in [0.5, 0.6) is 0 Å². The first kappa shape index (κ1) is 13.5. The van der Waals surface area contributed by atoms with Crippen LogP contribution >= 0.6 is 11.3 Å². The zero-order valence-electron chi connectivity index (χ0n) is 10.8. The number of aliphatic hydroxyl groups is 1. The SMILES string of the molecule is CCc1cc(C(=O)N2CCOCC2CO)sc1C. The van der Waals surface area contributed by atoms with Gasteiger partial charge in [0.15, 0.2) is 0 Å². The van der Waals surface area contributed by atoms with Crippen LogP contribution < -0.4 is 0 Å². The molecule has 4 nitrogen and oxygen atoms in total. The second-order valence-corrected chi connectivity index (χ2v) is 5.71. The summed E-state index contributed by atoms with van der Waals surface area (Å²) in [5.74, 6) is 0.0187. The van der Waals surface area contributed by atoms with Crippen molar-refractivity contribution in [3.05, 3.63) is 21.4 Å². The fourth-order valence-corrected chi connectivity index (χ4v) is 3.26. The maximum Gasteiger partial charge on any atom is 0.264 e. The number of hydrogen-bond donors (Lipinski definition) is 1. The van der Waals surface area contributed by atoms with Gasteiger partial charge in [-0.25, -0.2) is 0 Å². The van der Waals surface area contributed by atoms with E-state index in [4.69, 9.17) is 4.74 Å². The number of aryl methyl sites for hydroxylation is 2. The minimum atomic E-state index is -0.210. The largest absolute Gasteiger partial charge is 0.394 e. The van der Waals surface area contributed by atoms with E-state index in [1.807, 2.05) is 13.0 Å². The number of amides is 1. The third-order valence-electron chi connectivity index (χ3n) is 3.31. The van der Waals surface area contributed by atoms with Crippen molar-refractivity contribution in [2.45, 2.75) is 26.3 Å². The molecule has 1 unspecified atom stereocenters. The molecule has 1 aliphatic rings. The molecular formula is C13H19NO3S. The lowest BCUT2D eigenvalue weighted by molar-refractivity contribution is -0.0181. The lowest BCUT2D eigenvalue weighted by Gasteiger charge is -2.34. The van der Waals surface area contributed by atoms with Crippen molar-refractivity contribution in [1.82, 2.24) is 4.90 Å². The van der Waals surface area contributed by atoms with Crippen molar-refractivity contribution in [3.63, 3.8) is 0 Å². The Labute approximate surface area is 111 Å². The summed E-state index contributed by atoms with van der Waals surface area (Å²) in [7, 11) is 0. The van der Waals surface area contributed by atoms with E-state index >= 15 is 0 Å². The van der Waals surface area contributed by atoms with Gasteiger partial charge in [0.1, 0.15) is 0 Å². The molecule has 2 heterocycles. The molecule has 18 heavy (non-hydrogen) atoms. The lowest BCUT2D eigenvalue weighted by atomic mass is 10.2. The van der Waals surface area contributed by atoms with Gasteiger partial charge in [-0.05, 0) is 25.0 Å². The third-order valence-corrected chi connectivity index (χ3v) is 4.39. The smallest absolute Gasteiger partial charge is 0.264 e. The summed E-state index contributed by atoms with van der Waals surface area (Å²) < 4.78 is 5.29. The number of nitrogens with zero attached hydrogens (tertiary/aromatic N) is 1. The van der Waals surface area contributed by atoms with E-state index in [1.54, 1.807) is 4.90 Å². The second kappa shape index (κ2) is 5.82. The number of ether oxygens (including phenoxy) is 1. The van der Waals surface area contributed by atoms with Gasteiger partial charge < -0.3 is 14.7 Å². The molecule has 1 saturated heterocycles. The van der Waals surface area contributed by atoms with Crippen LogP contribution in [-0.4, -0.2) is 48.3 Å². The monoisotopic (exact) mass is 269 g/mol. The Hall–Kier alpha value is -0.910. The Morgan fingerprint density at radius 1 is 1.67 bits per heavy atom. The average Bonchev–Trinajstić information content (AvgIpc) is 2.79. The highest BCUT2D eigenvalue weighted by Crippen LogP contribution is 2.24.